The number of rotatable bonds is 5. The molecule has 130 valence electrons. The molecule has 0 saturated carbocycles. The van der Waals surface area contributed by atoms with Crippen LogP contribution in [-0.2, 0) is 0 Å². The average Bonchev–Trinajstić information content (AvgIpc) is 2.52. The van der Waals surface area contributed by atoms with Crippen molar-refractivity contribution in [3.8, 4) is 0 Å². The van der Waals surface area contributed by atoms with Crippen LogP contribution < -0.4 is 10.6 Å². The molecule has 1 aromatic rings. The summed E-state index contributed by atoms with van der Waals surface area (Å²) in [7, 11) is 4.11. The van der Waals surface area contributed by atoms with Crippen molar-refractivity contribution in [3.05, 3.63) is 30.1 Å². The largest absolute Gasteiger partial charge is 0.370 e. The maximum atomic E-state index is 13.0. The molecule has 5 nitrogen and oxygen atoms in total. The van der Waals surface area contributed by atoms with Gasteiger partial charge in [-0.25, -0.2) is 4.39 Å². The van der Waals surface area contributed by atoms with Crippen LogP contribution in [0, 0.1) is 5.82 Å². The molecule has 1 aliphatic rings. The van der Waals surface area contributed by atoms with E-state index in [1.54, 1.807) is 0 Å². The van der Waals surface area contributed by atoms with Gasteiger partial charge in [0.05, 0.1) is 0 Å². The maximum absolute atomic E-state index is 13.0. The van der Waals surface area contributed by atoms with Gasteiger partial charge in [0, 0.05) is 38.4 Å². The second-order valence-electron chi connectivity index (χ2n) is 5.85. The van der Waals surface area contributed by atoms with Crippen LogP contribution >= 0.6 is 24.0 Å². The quantitative estimate of drug-likeness (QED) is 0.332. The lowest BCUT2D eigenvalue weighted by Gasteiger charge is -2.36. The second-order valence-corrected chi connectivity index (χ2v) is 5.85. The van der Waals surface area contributed by atoms with Gasteiger partial charge in [-0.1, -0.05) is 0 Å². The van der Waals surface area contributed by atoms with Crippen LogP contribution in [0.15, 0.2) is 29.3 Å². The smallest absolute Gasteiger partial charge is 0.191 e. The highest BCUT2D eigenvalue weighted by atomic mass is 127. The summed E-state index contributed by atoms with van der Waals surface area (Å²) in [4.78, 5) is 11.0. The zero-order valence-corrected chi connectivity index (χ0v) is 16.2. The molecule has 1 saturated heterocycles. The summed E-state index contributed by atoms with van der Waals surface area (Å²) in [6, 6.07) is 6.65. The van der Waals surface area contributed by atoms with Crippen LogP contribution in [0.4, 0.5) is 10.1 Å². The van der Waals surface area contributed by atoms with Gasteiger partial charge in [-0.05, 0) is 51.3 Å². The van der Waals surface area contributed by atoms with Crippen LogP contribution in [0.25, 0.3) is 0 Å². The van der Waals surface area contributed by atoms with Crippen molar-refractivity contribution in [2.24, 2.45) is 10.7 Å². The lowest BCUT2D eigenvalue weighted by molar-refractivity contribution is 0.378. The Labute approximate surface area is 155 Å². The summed E-state index contributed by atoms with van der Waals surface area (Å²) < 4.78 is 13.0. The maximum Gasteiger partial charge on any atom is 0.191 e. The minimum absolute atomic E-state index is 0. The SMILES string of the molecule is CN(C)CCCN=C(N)N1CCN(c2ccc(F)cc2)CC1.I. The van der Waals surface area contributed by atoms with Gasteiger partial charge < -0.3 is 20.4 Å². The predicted molar refractivity (Wildman–Crippen MR) is 105 cm³/mol. The molecule has 2 rings (SSSR count). The molecular weight excluding hydrogens is 408 g/mol. The van der Waals surface area contributed by atoms with E-state index in [-0.39, 0.29) is 29.8 Å². The van der Waals surface area contributed by atoms with E-state index in [0.29, 0.717) is 5.96 Å². The fraction of sp³-hybridized carbons (Fsp3) is 0.562. The Morgan fingerprint density at radius 1 is 1.17 bits per heavy atom. The first-order valence-corrected chi connectivity index (χ1v) is 7.76. The Kier molecular flexibility index (Phi) is 8.60. The fourth-order valence-electron chi connectivity index (χ4n) is 2.53. The van der Waals surface area contributed by atoms with Gasteiger partial charge in [-0.3, -0.25) is 4.99 Å². The van der Waals surface area contributed by atoms with Crippen LogP contribution in [-0.4, -0.2) is 69.1 Å². The number of nitrogens with two attached hydrogens (primary N) is 1. The number of hydrogen-bond acceptors (Lipinski definition) is 3. The standard InChI is InChI=1S/C16H26FN5.HI/c1-20(2)9-3-8-19-16(18)22-12-10-21(11-13-22)15-6-4-14(17)5-7-15;/h4-7H,3,8-13H2,1-2H3,(H2,18,19);1H. The third kappa shape index (κ3) is 6.50. The molecule has 0 unspecified atom stereocenters. The Morgan fingerprint density at radius 3 is 2.35 bits per heavy atom. The number of piperazine rings is 1. The van der Waals surface area contributed by atoms with Crippen LogP contribution in [0.1, 0.15) is 6.42 Å². The summed E-state index contributed by atoms with van der Waals surface area (Å²) in [5.74, 6) is 0.439. The second kappa shape index (κ2) is 9.92. The molecule has 1 fully saturated rings. The zero-order chi connectivity index (χ0) is 15.9. The van der Waals surface area contributed by atoms with E-state index in [4.69, 9.17) is 5.73 Å². The van der Waals surface area contributed by atoms with E-state index in [1.807, 2.05) is 12.1 Å². The van der Waals surface area contributed by atoms with E-state index in [0.717, 1.165) is 51.4 Å². The van der Waals surface area contributed by atoms with Gasteiger partial charge >= 0.3 is 0 Å². The first-order chi connectivity index (χ1) is 10.6. The van der Waals surface area contributed by atoms with Crippen molar-refractivity contribution in [3.63, 3.8) is 0 Å². The number of halogens is 2. The van der Waals surface area contributed by atoms with Crippen molar-refractivity contribution in [1.82, 2.24) is 9.80 Å². The van der Waals surface area contributed by atoms with E-state index in [1.165, 1.54) is 12.1 Å². The van der Waals surface area contributed by atoms with Gasteiger partial charge in [0.2, 0.25) is 0 Å². The van der Waals surface area contributed by atoms with Crippen LogP contribution in [0.2, 0.25) is 0 Å². The van der Waals surface area contributed by atoms with Crippen molar-refractivity contribution in [1.29, 1.82) is 0 Å². The number of aliphatic imine (C=N–C) groups is 1. The predicted octanol–water partition coefficient (Wildman–Crippen LogP) is 1.83. The van der Waals surface area contributed by atoms with Crippen molar-refractivity contribution < 1.29 is 4.39 Å². The number of nitrogens with zero attached hydrogens (tertiary/aromatic N) is 4. The molecule has 23 heavy (non-hydrogen) atoms. The monoisotopic (exact) mass is 435 g/mol. The Morgan fingerprint density at radius 2 is 1.78 bits per heavy atom. The molecule has 1 aromatic carbocycles. The highest BCUT2D eigenvalue weighted by molar-refractivity contribution is 14.0. The molecule has 0 radical (unpaired) electrons. The summed E-state index contributed by atoms with van der Waals surface area (Å²) in [6.07, 6.45) is 1.02. The number of benzene rings is 1. The van der Waals surface area contributed by atoms with Gasteiger partial charge in [0.15, 0.2) is 5.96 Å². The van der Waals surface area contributed by atoms with E-state index in [2.05, 4.69) is 33.8 Å². The molecule has 0 bridgehead atoms. The molecule has 0 atom stereocenters. The molecule has 0 amide bonds. The molecule has 0 spiro atoms. The Bertz CT molecular complexity index is 484. The fourth-order valence-corrected chi connectivity index (χ4v) is 2.53. The number of guanidine groups is 1. The topological polar surface area (TPSA) is 48.1 Å². The molecule has 7 heteroatoms. The highest BCUT2D eigenvalue weighted by Gasteiger charge is 2.18. The summed E-state index contributed by atoms with van der Waals surface area (Å²) in [5.41, 5.74) is 7.12. The third-order valence-corrected chi connectivity index (χ3v) is 3.83. The summed E-state index contributed by atoms with van der Waals surface area (Å²) in [6.45, 7) is 5.23. The van der Waals surface area contributed by atoms with Gasteiger partial charge in [0.25, 0.3) is 0 Å². The van der Waals surface area contributed by atoms with Crippen molar-refractivity contribution in [2.45, 2.75) is 6.42 Å². The molecule has 1 aliphatic heterocycles. The highest BCUT2D eigenvalue weighted by Crippen LogP contribution is 2.16. The molecule has 2 N–H and O–H groups in total. The number of hydrogen-bond donors (Lipinski definition) is 1. The van der Waals surface area contributed by atoms with Gasteiger partial charge in [0.1, 0.15) is 5.82 Å². The first-order valence-electron chi connectivity index (χ1n) is 7.76. The lowest BCUT2D eigenvalue weighted by atomic mass is 10.2. The Balaban J connectivity index is 0.00000264. The summed E-state index contributed by atoms with van der Waals surface area (Å²) in [5, 5.41) is 0. The van der Waals surface area contributed by atoms with Crippen LogP contribution in [0.3, 0.4) is 0 Å². The minimum Gasteiger partial charge on any atom is -0.370 e. The number of anilines is 1. The third-order valence-electron chi connectivity index (χ3n) is 3.83. The molecular formula is C16H27FIN5. The lowest BCUT2D eigenvalue weighted by Crippen LogP contribution is -2.51. The molecule has 0 aromatic heterocycles. The molecule has 1 heterocycles. The Hall–Kier alpha value is -1.09. The van der Waals surface area contributed by atoms with Gasteiger partial charge in [-0.15, -0.1) is 24.0 Å². The van der Waals surface area contributed by atoms with E-state index in [9.17, 15) is 4.39 Å². The van der Waals surface area contributed by atoms with Gasteiger partial charge in [-0.2, -0.15) is 0 Å². The van der Waals surface area contributed by atoms with E-state index < -0.39 is 0 Å². The zero-order valence-electron chi connectivity index (χ0n) is 13.9. The first kappa shape index (κ1) is 20.0. The molecule has 0 aliphatic carbocycles. The average molecular weight is 435 g/mol. The van der Waals surface area contributed by atoms with Crippen molar-refractivity contribution >= 4 is 35.6 Å². The normalized spacial score (nSPS) is 15.7. The van der Waals surface area contributed by atoms with E-state index >= 15 is 0 Å². The minimum atomic E-state index is -0.198. The van der Waals surface area contributed by atoms with Crippen molar-refractivity contribution in [2.75, 3.05) is 58.3 Å². The summed E-state index contributed by atoms with van der Waals surface area (Å²) >= 11 is 0. The van der Waals surface area contributed by atoms with Crippen LogP contribution in [0.5, 0.6) is 0 Å².